The van der Waals surface area contributed by atoms with Crippen LogP contribution in [-0.2, 0) is 0 Å². The summed E-state index contributed by atoms with van der Waals surface area (Å²) in [6, 6.07) is 22.3. The Bertz CT molecular complexity index is 1120. The molecule has 0 N–H and O–H groups in total. The molecule has 2 heterocycles. The van der Waals surface area contributed by atoms with Gasteiger partial charge in [-0.05, 0) is 66.6 Å². The van der Waals surface area contributed by atoms with Crippen molar-refractivity contribution >= 4 is 33.2 Å². The maximum absolute atomic E-state index is 6.45. The van der Waals surface area contributed by atoms with E-state index in [2.05, 4.69) is 46.1 Å². The van der Waals surface area contributed by atoms with Crippen molar-refractivity contribution in [2.75, 3.05) is 6.61 Å². The Hall–Kier alpha value is -2.50. The van der Waals surface area contributed by atoms with Gasteiger partial charge in [0.2, 0.25) is 6.23 Å². The zero-order chi connectivity index (χ0) is 21.4. The van der Waals surface area contributed by atoms with Gasteiger partial charge in [-0.1, -0.05) is 46.6 Å². The third kappa shape index (κ3) is 4.04. The predicted molar refractivity (Wildman–Crippen MR) is 127 cm³/mol. The SMILES string of the molecule is CCCOc1ccc([C@H]2Oc3ccc(Br)cc3[C@@H]3CC(c4ccc(Cl)cc4)=NN23)cc1. The highest BCUT2D eigenvalue weighted by atomic mass is 79.9. The maximum atomic E-state index is 6.45. The van der Waals surface area contributed by atoms with Gasteiger partial charge >= 0.3 is 0 Å². The lowest BCUT2D eigenvalue weighted by Gasteiger charge is -2.38. The van der Waals surface area contributed by atoms with Crippen molar-refractivity contribution in [1.82, 2.24) is 5.01 Å². The first-order chi connectivity index (χ1) is 15.1. The van der Waals surface area contributed by atoms with Gasteiger partial charge in [-0.2, -0.15) is 5.10 Å². The normalized spacial score (nSPS) is 19.3. The molecular formula is C25H22BrClN2O2. The molecule has 0 radical (unpaired) electrons. The number of benzene rings is 3. The van der Waals surface area contributed by atoms with Crippen LogP contribution in [0.25, 0.3) is 0 Å². The molecule has 31 heavy (non-hydrogen) atoms. The first-order valence-electron chi connectivity index (χ1n) is 10.4. The molecule has 0 spiro atoms. The minimum Gasteiger partial charge on any atom is -0.494 e. The van der Waals surface area contributed by atoms with Crippen LogP contribution in [0.2, 0.25) is 5.02 Å². The Morgan fingerprint density at radius 1 is 1.10 bits per heavy atom. The topological polar surface area (TPSA) is 34.1 Å². The zero-order valence-corrected chi connectivity index (χ0v) is 19.4. The van der Waals surface area contributed by atoms with E-state index in [0.717, 1.165) is 56.2 Å². The van der Waals surface area contributed by atoms with Crippen LogP contribution in [0.4, 0.5) is 0 Å². The fourth-order valence-corrected chi connectivity index (χ4v) is 4.55. The Kier molecular flexibility index (Phi) is 5.63. The van der Waals surface area contributed by atoms with Crippen molar-refractivity contribution in [2.45, 2.75) is 32.0 Å². The van der Waals surface area contributed by atoms with E-state index < -0.39 is 0 Å². The molecule has 0 aromatic heterocycles. The third-order valence-corrected chi connectivity index (χ3v) is 6.31. The highest BCUT2D eigenvalue weighted by molar-refractivity contribution is 9.10. The Balaban J connectivity index is 1.52. The fourth-order valence-electron chi connectivity index (χ4n) is 4.04. The van der Waals surface area contributed by atoms with Crippen molar-refractivity contribution in [1.29, 1.82) is 0 Å². The molecule has 0 saturated heterocycles. The van der Waals surface area contributed by atoms with Gasteiger partial charge in [-0.15, -0.1) is 0 Å². The second-order valence-electron chi connectivity index (χ2n) is 7.72. The molecule has 0 unspecified atom stereocenters. The minimum absolute atomic E-state index is 0.105. The number of nitrogens with zero attached hydrogens (tertiary/aromatic N) is 2. The average Bonchev–Trinajstić information content (AvgIpc) is 3.24. The van der Waals surface area contributed by atoms with Crippen molar-refractivity contribution in [3.63, 3.8) is 0 Å². The summed E-state index contributed by atoms with van der Waals surface area (Å²) in [6.07, 6.45) is 1.49. The van der Waals surface area contributed by atoms with Gasteiger partial charge in [-0.25, -0.2) is 5.01 Å². The summed E-state index contributed by atoms with van der Waals surface area (Å²) in [4.78, 5) is 0. The number of halogens is 2. The summed E-state index contributed by atoms with van der Waals surface area (Å²) in [5, 5.41) is 7.81. The first kappa shape index (κ1) is 20.4. The van der Waals surface area contributed by atoms with Crippen molar-refractivity contribution in [3.8, 4) is 11.5 Å². The van der Waals surface area contributed by atoms with Gasteiger partial charge in [0.25, 0.3) is 0 Å². The van der Waals surface area contributed by atoms with Crippen LogP contribution in [0.1, 0.15) is 48.7 Å². The molecule has 0 fully saturated rings. The molecule has 0 bridgehead atoms. The molecule has 6 heteroatoms. The lowest BCUT2D eigenvalue weighted by molar-refractivity contribution is -0.0191. The fraction of sp³-hybridized carbons (Fsp3) is 0.240. The van der Waals surface area contributed by atoms with E-state index in [1.807, 2.05) is 48.5 Å². The first-order valence-corrected chi connectivity index (χ1v) is 11.6. The predicted octanol–water partition coefficient (Wildman–Crippen LogP) is 7.13. The minimum atomic E-state index is -0.302. The third-order valence-electron chi connectivity index (χ3n) is 5.57. The molecule has 0 saturated carbocycles. The van der Waals surface area contributed by atoms with Crippen molar-refractivity contribution < 1.29 is 9.47 Å². The van der Waals surface area contributed by atoms with Crippen molar-refractivity contribution in [3.05, 3.63) is 92.9 Å². The van der Waals surface area contributed by atoms with E-state index in [0.29, 0.717) is 6.61 Å². The Morgan fingerprint density at radius 3 is 2.61 bits per heavy atom. The molecular weight excluding hydrogens is 476 g/mol. The smallest absolute Gasteiger partial charge is 0.213 e. The lowest BCUT2D eigenvalue weighted by atomic mass is 9.96. The van der Waals surface area contributed by atoms with Crippen LogP contribution in [0.15, 0.2) is 76.3 Å². The largest absolute Gasteiger partial charge is 0.494 e. The van der Waals surface area contributed by atoms with Crippen LogP contribution in [-0.4, -0.2) is 17.3 Å². The Morgan fingerprint density at radius 2 is 1.87 bits per heavy atom. The van der Waals surface area contributed by atoms with Crippen LogP contribution < -0.4 is 9.47 Å². The zero-order valence-electron chi connectivity index (χ0n) is 17.1. The van der Waals surface area contributed by atoms with Crippen LogP contribution in [0, 0.1) is 0 Å². The highest BCUT2D eigenvalue weighted by Gasteiger charge is 2.41. The molecule has 2 atom stereocenters. The van der Waals surface area contributed by atoms with Gasteiger partial charge in [0, 0.05) is 27.0 Å². The van der Waals surface area contributed by atoms with E-state index in [1.54, 1.807) is 0 Å². The van der Waals surface area contributed by atoms with E-state index in [1.165, 1.54) is 0 Å². The number of hydrogen-bond acceptors (Lipinski definition) is 4. The summed E-state index contributed by atoms with van der Waals surface area (Å²) in [6.45, 7) is 2.81. The number of hydrazone groups is 1. The second-order valence-corrected chi connectivity index (χ2v) is 9.08. The van der Waals surface area contributed by atoms with Gasteiger partial charge in [0.15, 0.2) is 0 Å². The number of rotatable bonds is 5. The monoisotopic (exact) mass is 496 g/mol. The molecule has 0 aliphatic carbocycles. The summed E-state index contributed by atoms with van der Waals surface area (Å²) >= 11 is 9.69. The lowest BCUT2D eigenvalue weighted by Crippen LogP contribution is -2.33. The van der Waals surface area contributed by atoms with Gasteiger partial charge in [0.1, 0.15) is 11.5 Å². The van der Waals surface area contributed by atoms with Crippen LogP contribution >= 0.6 is 27.5 Å². The van der Waals surface area contributed by atoms with Crippen molar-refractivity contribution in [2.24, 2.45) is 5.10 Å². The number of hydrogen-bond donors (Lipinski definition) is 0. The van der Waals surface area contributed by atoms with Gasteiger partial charge in [0.05, 0.1) is 18.4 Å². The number of fused-ring (bicyclic) bond motifs is 3. The molecule has 5 rings (SSSR count). The molecule has 4 nitrogen and oxygen atoms in total. The molecule has 2 aliphatic rings. The van der Waals surface area contributed by atoms with Gasteiger partial charge in [-0.3, -0.25) is 0 Å². The van der Waals surface area contributed by atoms with Crippen LogP contribution in [0.3, 0.4) is 0 Å². The molecule has 158 valence electrons. The van der Waals surface area contributed by atoms with Gasteiger partial charge < -0.3 is 9.47 Å². The average molecular weight is 498 g/mol. The quantitative estimate of drug-likeness (QED) is 0.376. The summed E-state index contributed by atoms with van der Waals surface area (Å²) in [5.74, 6) is 1.77. The van der Waals surface area contributed by atoms with E-state index in [4.69, 9.17) is 26.2 Å². The number of ether oxygens (including phenoxy) is 2. The second kappa shape index (κ2) is 8.56. The van der Waals surface area contributed by atoms with E-state index >= 15 is 0 Å². The standard InChI is InChI=1S/C25H22BrClN2O2/c1-2-13-30-20-10-5-17(6-11-20)25-29-23(21-14-18(26)7-12-24(21)31-25)15-22(28-29)16-3-8-19(27)9-4-16/h3-12,14,23,25H,2,13,15H2,1H3/t23-,25+/m0/s1. The molecule has 3 aromatic rings. The molecule has 3 aromatic carbocycles. The maximum Gasteiger partial charge on any atom is 0.213 e. The van der Waals surface area contributed by atoms with E-state index in [9.17, 15) is 0 Å². The summed E-state index contributed by atoms with van der Waals surface area (Å²) in [7, 11) is 0. The molecule has 2 aliphatic heterocycles. The molecule has 0 amide bonds. The Labute approximate surface area is 195 Å². The summed E-state index contributed by atoms with van der Waals surface area (Å²) in [5.41, 5.74) is 4.30. The summed E-state index contributed by atoms with van der Waals surface area (Å²) < 4.78 is 13.2. The van der Waals surface area contributed by atoms with Crippen LogP contribution in [0.5, 0.6) is 11.5 Å². The van der Waals surface area contributed by atoms with E-state index in [-0.39, 0.29) is 12.3 Å². The highest BCUT2D eigenvalue weighted by Crippen LogP contribution is 2.48.